The molecule has 3 heteroatoms. The highest BCUT2D eigenvalue weighted by molar-refractivity contribution is 6.16. The smallest absolute Gasteiger partial charge is 0.161 e. The standard InChI is InChI=1S/C19H19NO2/c1-21-17-9-8-14(13-18(17)22-2)12-16-10-11-20-19(16)15-6-4-3-5-7-15/h3-9,12-13H,10-11H2,1-2H3/b16-12+. The van der Waals surface area contributed by atoms with E-state index in [9.17, 15) is 0 Å². The van der Waals surface area contributed by atoms with Crippen LogP contribution in [0.2, 0.25) is 0 Å². The maximum atomic E-state index is 5.37. The highest BCUT2D eigenvalue weighted by Gasteiger charge is 2.15. The second-order valence-corrected chi connectivity index (χ2v) is 5.13. The third kappa shape index (κ3) is 2.89. The Balaban J connectivity index is 1.93. The Bertz CT molecular complexity index is 717. The van der Waals surface area contributed by atoms with Gasteiger partial charge >= 0.3 is 0 Å². The van der Waals surface area contributed by atoms with Crippen LogP contribution in [0.15, 0.2) is 59.1 Å². The molecule has 112 valence electrons. The SMILES string of the molecule is COc1ccc(/C=C2\CCN=C2c2ccccc2)cc1OC. The van der Waals surface area contributed by atoms with Gasteiger partial charge in [0.25, 0.3) is 0 Å². The lowest BCUT2D eigenvalue weighted by Crippen LogP contribution is -1.99. The third-order valence-corrected chi connectivity index (χ3v) is 3.75. The summed E-state index contributed by atoms with van der Waals surface area (Å²) in [5.74, 6) is 1.49. The van der Waals surface area contributed by atoms with Crippen LogP contribution in [0.1, 0.15) is 17.5 Å². The summed E-state index contributed by atoms with van der Waals surface area (Å²) in [7, 11) is 3.30. The zero-order chi connectivity index (χ0) is 15.4. The molecule has 0 saturated heterocycles. The van der Waals surface area contributed by atoms with Gasteiger partial charge in [-0.15, -0.1) is 0 Å². The normalized spacial score (nSPS) is 15.7. The summed E-state index contributed by atoms with van der Waals surface area (Å²) < 4.78 is 10.7. The van der Waals surface area contributed by atoms with Gasteiger partial charge in [0.15, 0.2) is 11.5 Å². The minimum atomic E-state index is 0.744. The lowest BCUT2D eigenvalue weighted by atomic mass is 10.00. The van der Waals surface area contributed by atoms with E-state index >= 15 is 0 Å². The maximum absolute atomic E-state index is 5.37. The van der Waals surface area contributed by atoms with E-state index in [1.807, 2.05) is 36.4 Å². The topological polar surface area (TPSA) is 30.8 Å². The number of ether oxygens (including phenoxy) is 2. The summed E-state index contributed by atoms with van der Waals surface area (Å²) in [6.45, 7) is 0.851. The molecule has 0 atom stereocenters. The second kappa shape index (κ2) is 6.48. The van der Waals surface area contributed by atoms with Gasteiger partial charge in [-0.25, -0.2) is 0 Å². The van der Waals surface area contributed by atoms with E-state index in [1.54, 1.807) is 14.2 Å². The first-order valence-corrected chi connectivity index (χ1v) is 7.34. The van der Waals surface area contributed by atoms with Gasteiger partial charge in [0, 0.05) is 6.54 Å². The summed E-state index contributed by atoms with van der Waals surface area (Å²) in [5, 5.41) is 0. The Labute approximate surface area is 130 Å². The van der Waals surface area contributed by atoms with Crippen molar-refractivity contribution in [2.75, 3.05) is 20.8 Å². The molecule has 0 aromatic heterocycles. The number of methoxy groups -OCH3 is 2. The monoisotopic (exact) mass is 293 g/mol. The Morgan fingerprint density at radius 1 is 0.955 bits per heavy atom. The first kappa shape index (κ1) is 14.4. The van der Waals surface area contributed by atoms with E-state index in [-0.39, 0.29) is 0 Å². The molecule has 3 rings (SSSR count). The van der Waals surface area contributed by atoms with Crippen molar-refractivity contribution in [3.8, 4) is 11.5 Å². The van der Waals surface area contributed by atoms with E-state index in [0.29, 0.717) is 0 Å². The molecule has 0 amide bonds. The zero-order valence-corrected chi connectivity index (χ0v) is 12.9. The van der Waals surface area contributed by atoms with Crippen molar-refractivity contribution in [2.45, 2.75) is 6.42 Å². The Morgan fingerprint density at radius 2 is 1.73 bits per heavy atom. The number of hydrogen-bond acceptors (Lipinski definition) is 3. The van der Waals surface area contributed by atoms with Crippen LogP contribution in [0.4, 0.5) is 0 Å². The summed E-state index contributed by atoms with van der Waals surface area (Å²) >= 11 is 0. The fraction of sp³-hybridized carbons (Fsp3) is 0.211. The minimum Gasteiger partial charge on any atom is -0.493 e. The van der Waals surface area contributed by atoms with E-state index < -0.39 is 0 Å². The van der Waals surface area contributed by atoms with E-state index in [0.717, 1.165) is 35.7 Å². The quantitative estimate of drug-likeness (QED) is 0.853. The minimum absolute atomic E-state index is 0.744. The third-order valence-electron chi connectivity index (χ3n) is 3.75. The molecule has 0 N–H and O–H groups in total. The first-order valence-electron chi connectivity index (χ1n) is 7.34. The fourth-order valence-corrected chi connectivity index (χ4v) is 2.67. The molecule has 0 unspecified atom stereocenters. The molecule has 0 spiro atoms. The van der Waals surface area contributed by atoms with Crippen molar-refractivity contribution in [3.63, 3.8) is 0 Å². The van der Waals surface area contributed by atoms with E-state index in [2.05, 4.69) is 23.2 Å². The van der Waals surface area contributed by atoms with Crippen molar-refractivity contribution in [1.29, 1.82) is 0 Å². The summed E-state index contributed by atoms with van der Waals surface area (Å²) in [4.78, 5) is 4.65. The lowest BCUT2D eigenvalue weighted by Gasteiger charge is -2.09. The van der Waals surface area contributed by atoms with Gasteiger partial charge in [-0.2, -0.15) is 0 Å². The molecule has 0 fully saturated rings. The second-order valence-electron chi connectivity index (χ2n) is 5.13. The van der Waals surface area contributed by atoms with Gasteiger partial charge in [0.1, 0.15) is 0 Å². The molecule has 0 radical (unpaired) electrons. The number of aliphatic imine (C=N–C) groups is 1. The Morgan fingerprint density at radius 3 is 2.45 bits per heavy atom. The van der Waals surface area contributed by atoms with Crippen LogP contribution in [-0.4, -0.2) is 26.5 Å². The first-order chi connectivity index (χ1) is 10.8. The highest BCUT2D eigenvalue weighted by Crippen LogP contribution is 2.29. The molecule has 1 aliphatic rings. The molecular formula is C19H19NO2. The van der Waals surface area contributed by atoms with Gasteiger partial charge in [0.2, 0.25) is 0 Å². The summed E-state index contributed by atoms with van der Waals surface area (Å²) in [6.07, 6.45) is 3.15. The van der Waals surface area contributed by atoms with E-state index in [4.69, 9.17) is 9.47 Å². The molecule has 1 heterocycles. The van der Waals surface area contributed by atoms with Crippen LogP contribution >= 0.6 is 0 Å². The van der Waals surface area contributed by atoms with Crippen LogP contribution in [0.5, 0.6) is 11.5 Å². The van der Waals surface area contributed by atoms with E-state index in [1.165, 1.54) is 11.1 Å². The number of rotatable bonds is 4. The molecule has 3 nitrogen and oxygen atoms in total. The molecule has 2 aromatic carbocycles. The van der Waals surface area contributed by atoms with Crippen LogP contribution < -0.4 is 9.47 Å². The van der Waals surface area contributed by atoms with Crippen molar-refractivity contribution in [2.24, 2.45) is 4.99 Å². The van der Waals surface area contributed by atoms with Gasteiger partial charge < -0.3 is 9.47 Å². The molecule has 1 aliphatic heterocycles. The van der Waals surface area contributed by atoms with Crippen LogP contribution in [-0.2, 0) is 0 Å². The fourth-order valence-electron chi connectivity index (χ4n) is 2.67. The largest absolute Gasteiger partial charge is 0.493 e. The van der Waals surface area contributed by atoms with Crippen molar-refractivity contribution < 1.29 is 9.47 Å². The Hall–Kier alpha value is -2.55. The van der Waals surface area contributed by atoms with Crippen LogP contribution in [0, 0.1) is 0 Å². The summed E-state index contributed by atoms with van der Waals surface area (Å²) in [5.41, 5.74) is 4.62. The van der Waals surface area contributed by atoms with Gasteiger partial charge in [0.05, 0.1) is 19.9 Å². The molecule has 2 aromatic rings. The lowest BCUT2D eigenvalue weighted by molar-refractivity contribution is 0.355. The van der Waals surface area contributed by atoms with Crippen molar-refractivity contribution >= 4 is 11.8 Å². The average Bonchev–Trinajstić information content (AvgIpc) is 3.03. The zero-order valence-electron chi connectivity index (χ0n) is 12.9. The molecular weight excluding hydrogens is 274 g/mol. The number of nitrogens with zero attached hydrogens (tertiary/aromatic N) is 1. The molecule has 0 bridgehead atoms. The maximum Gasteiger partial charge on any atom is 0.161 e. The molecule has 22 heavy (non-hydrogen) atoms. The average molecular weight is 293 g/mol. The molecule has 0 saturated carbocycles. The van der Waals surface area contributed by atoms with Gasteiger partial charge in [-0.3, -0.25) is 4.99 Å². The van der Waals surface area contributed by atoms with Gasteiger partial charge in [-0.05, 0) is 41.3 Å². The van der Waals surface area contributed by atoms with Crippen LogP contribution in [0.3, 0.4) is 0 Å². The predicted octanol–water partition coefficient (Wildman–Crippen LogP) is 3.98. The van der Waals surface area contributed by atoms with Gasteiger partial charge in [-0.1, -0.05) is 36.4 Å². The Kier molecular flexibility index (Phi) is 4.24. The predicted molar refractivity (Wildman–Crippen MR) is 90.0 cm³/mol. The summed E-state index contributed by atoms with van der Waals surface area (Å²) in [6, 6.07) is 16.3. The highest BCUT2D eigenvalue weighted by atomic mass is 16.5. The van der Waals surface area contributed by atoms with Crippen molar-refractivity contribution in [3.05, 3.63) is 65.2 Å². The number of benzene rings is 2. The van der Waals surface area contributed by atoms with Crippen LogP contribution in [0.25, 0.3) is 6.08 Å². The van der Waals surface area contributed by atoms with Crippen molar-refractivity contribution in [1.82, 2.24) is 0 Å². The number of hydrogen-bond donors (Lipinski definition) is 0. The molecule has 0 aliphatic carbocycles.